The summed E-state index contributed by atoms with van der Waals surface area (Å²) in [5.74, 6) is -4.21. The number of hydrogen-bond donors (Lipinski definition) is 2. The zero-order valence-corrected chi connectivity index (χ0v) is 20.4. The summed E-state index contributed by atoms with van der Waals surface area (Å²) in [6.07, 6.45) is 5.28. The van der Waals surface area contributed by atoms with Crippen molar-refractivity contribution in [1.29, 1.82) is 0 Å². The Labute approximate surface area is 203 Å². The third-order valence-electron chi connectivity index (χ3n) is 6.33. The third-order valence-corrected chi connectivity index (χ3v) is 6.33. The molecular formula is C24H33F2N5O4. The van der Waals surface area contributed by atoms with Crippen LogP contribution in [-0.2, 0) is 21.9 Å². The molecule has 1 aliphatic rings. The van der Waals surface area contributed by atoms with Crippen LogP contribution >= 0.6 is 0 Å². The summed E-state index contributed by atoms with van der Waals surface area (Å²) in [6, 6.07) is 2.82. The zero-order chi connectivity index (χ0) is 25.6. The van der Waals surface area contributed by atoms with E-state index >= 15 is 0 Å². The lowest BCUT2D eigenvalue weighted by molar-refractivity contribution is 0.0103. The van der Waals surface area contributed by atoms with Crippen molar-refractivity contribution < 1.29 is 27.8 Å². The van der Waals surface area contributed by atoms with Crippen LogP contribution in [-0.4, -0.2) is 53.5 Å². The van der Waals surface area contributed by atoms with E-state index < -0.39 is 23.4 Å². The fraction of sp³-hybridized carbons (Fsp3) is 0.583. The van der Waals surface area contributed by atoms with Gasteiger partial charge in [0.05, 0.1) is 13.2 Å². The highest BCUT2D eigenvalue weighted by Gasteiger charge is 2.36. The van der Waals surface area contributed by atoms with Gasteiger partial charge in [-0.2, -0.15) is 13.9 Å². The topological polar surface area (TPSA) is 121 Å². The first-order valence-corrected chi connectivity index (χ1v) is 11.7. The van der Waals surface area contributed by atoms with E-state index in [1.54, 1.807) is 7.11 Å². The van der Waals surface area contributed by atoms with E-state index in [2.05, 4.69) is 15.4 Å². The number of halogens is 2. The number of rotatable bonds is 11. The highest BCUT2D eigenvalue weighted by molar-refractivity contribution is 6.04. The standard InChI is InChI=1S/C24H33F2N5O4/c1-15-20(23(33)29-18-8-9-28-19(12-18)22(27)32)31(30-21(15)24(2,25)26)13-16-6-4-5-7-17(16)14-35-11-10-34-3/h8-9,12,16-17H,4-7,10-11,13-14H2,1-3H3,(H2,27,32)(H,28,29,33)/t16-,17?/m0/s1. The summed E-state index contributed by atoms with van der Waals surface area (Å²) in [5, 5.41) is 6.85. The van der Waals surface area contributed by atoms with Crippen LogP contribution in [0.5, 0.6) is 0 Å². The molecule has 1 aliphatic carbocycles. The van der Waals surface area contributed by atoms with E-state index in [1.807, 2.05) is 0 Å². The second-order valence-corrected chi connectivity index (χ2v) is 9.01. The van der Waals surface area contributed by atoms with Crippen molar-refractivity contribution in [3.8, 4) is 0 Å². The van der Waals surface area contributed by atoms with Gasteiger partial charge in [0, 0.05) is 44.6 Å². The van der Waals surface area contributed by atoms with Gasteiger partial charge >= 0.3 is 0 Å². The molecule has 192 valence electrons. The van der Waals surface area contributed by atoms with Gasteiger partial charge in [0.2, 0.25) is 0 Å². The van der Waals surface area contributed by atoms with Crippen LogP contribution in [0.25, 0.3) is 0 Å². The maximum absolute atomic E-state index is 14.3. The number of nitrogens with one attached hydrogen (secondary N) is 1. The molecule has 1 saturated carbocycles. The van der Waals surface area contributed by atoms with Crippen molar-refractivity contribution in [3.05, 3.63) is 41.0 Å². The quantitative estimate of drug-likeness (QED) is 0.462. The first-order valence-electron chi connectivity index (χ1n) is 11.7. The van der Waals surface area contributed by atoms with Crippen LogP contribution in [0.3, 0.4) is 0 Å². The van der Waals surface area contributed by atoms with Gasteiger partial charge in [-0.1, -0.05) is 12.8 Å². The molecule has 2 amide bonds. The van der Waals surface area contributed by atoms with Gasteiger partial charge in [0.25, 0.3) is 17.7 Å². The van der Waals surface area contributed by atoms with Crippen molar-refractivity contribution in [2.75, 3.05) is 32.2 Å². The van der Waals surface area contributed by atoms with Crippen molar-refractivity contribution in [2.45, 2.75) is 52.0 Å². The molecule has 3 N–H and O–H groups in total. The van der Waals surface area contributed by atoms with E-state index in [1.165, 1.54) is 29.9 Å². The van der Waals surface area contributed by atoms with E-state index in [0.717, 1.165) is 32.6 Å². The fourth-order valence-corrected chi connectivity index (χ4v) is 4.56. The van der Waals surface area contributed by atoms with E-state index in [0.29, 0.717) is 26.4 Å². The molecule has 9 nitrogen and oxygen atoms in total. The molecule has 0 radical (unpaired) electrons. The van der Waals surface area contributed by atoms with Crippen LogP contribution < -0.4 is 11.1 Å². The minimum Gasteiger partial charge on any atom is -0.382 e. The zero-order valence-electron chi connectivity index (χ0n) is 20.4. The van der Waals surface area contributed by atoms with Crippen LogP contribution in [0.2, 0.25) is 0 Å². The SMILES string of the molecule is COCCOCC1CCCC[C@H]1Cn1nc(C(C)(F)F)c(C)c1C(=O)Nc1ccnc(C(N)=O)c1. The van der Waals surface area contributed by atoms with Gasteiger partial charge < -0.3 is 20.5 Å². The average molecular weight is 494 g/mol. The monoisotopic (exact) mass is 493 g/mol. The number of nitrogens with two attached hydrogens (primary N) is 1. The number of ether oxygens (including phenoxy) is 2. The van der Waals surface area contributed by atoms with Crippen LogP contribution in [0.1, 0.15) is 64.8 Å². The Kier molecular flexibility index (Phi) is 8.90. The number of nitrogens with zero attached hydrogens (tertiary/aromatic N) is 3. The first-order chi connectivity index (χ1) is 16.6. The molecule has 1 fully saturated rings. The number of amides is 2. The average Bonchev–Trinajstić information content (AvgIpc) is 3.14. The van der Waals surface area contributed by atoms with Crippen molar-refractivity contribution in [1.82, 2.24) is 14.8 Å². The summed E-state index contributed by atoms with van der Waals surface area (Å²) in [4.78, 5) is 28.5. The van der Waals surface area contributed by atoms with Gasteiger partial charge in [-0.25, -0.2) is 0 Å². The fourth-order valence-electron chi connectivity index (χ4n) is 4.56. The lowest BCUT2D eigenvalue weighted by Gasteiger charge is -2.31. The summed E-state index contributed by atoms with van der Waals surface area (Å²) >= 11 is 0. The van der Waals surface area contributed by atoms with Crippen molar-refractivity contribution in [3.63, 3.8) is 0 Å². The summed E-state index contributed by atoms with van der Waals surface area (Å²) in [7, 11) is 1.61. The molecular weight excluding hydrogens is 460 g/mol. The Bertz CT molecular complexity index is 1040. The Morgan fingerprint density at radius 3 is 2.63 bits per heavy atom. The second-order valence-electron chi connectivity index (χ2n) is 9.01. The van der Waals surface area contributed by atoms with Gasteiger partial charge in [-0.3, -0.25) is 19.3 Å². The summed E-state index contributed by atoms with van der Waals surface area (Å²) in [5.41, 5.74) is 5.26. The number of primary amides is 1. The van der Waals surface area contributed by atoms with Gasteiger partial charge in [-0.15, -0.1) is 0 Å². The third kappa shape index (κ3) is 6.82. The predicted octanol–water partition coefficient (Wildman–Crippen LogP) is 3.52. The maximum Gasteiger partial charge on any atom is 0.289 e. The van der Waals surface area contributed by atoms with Gasteiger partial charge in [0.15, 0.2) is 0 Å². The van der Waals surface area contributed by atoms with Gasteiger partial charge in [-0.05, 0) is 43.7 Å². The lowest BCUT2D eigenvalue weighted by atomic mass is 9.79. The molecule has 2 heterocycles. The van der Waals surface area contributed by atoms with Crippen LogP contribution in [0, 0.1) is 18.8 Å². The Balaban J connectivity index is 1.87. The van der Waals surface area contributed by atoms with Crippen LogP contribution in [0.15, 0.2) is 18.3 Å². The number of hydrogen-bond acceptors (Lipinski definition) is 6. The molecule has 0 aromatic carbocycles. The van der Waals surface area contributed by atoms with Crippen LogP contribution in [0.4, 0.5) is 14.5 Å². The van der Waals surface area contributed by atoms with Crippen molar-refractivity contribution in [2.24, 2.45) is 17.6 Å². The number of alkyl halides is 2. The minimum atomic E-state index is -3.21. The molecule has 0 spiro atoms. The summed E-state index contributed by atoms with van der Waals surface area (Å²) in [6.45, 7) is 4.09. The number of methoxy groups -OCH3 is 1. The number of carbonyl (C=O) groups excluding carboxylic acids is 2. The van der Waals surface area contributed by atoms with Gasteiger partial charge in [0.1, 0.15) is 17.1 Å². The molecule has 35 heavy (non-hydrogen) atoms. The van der Waals surface area contributed by atoms with E-state index in [9.17, 15) is 18.4 Å². The molecule has 0 aliphatic heterocycles. The molecule has 2 atom stereocenters. The smallest absolute Gasteiger partial charge is 0.289 e. The largest absolute Gasteiger partial charge is 0.382 e. The van der Waals surface area contributed by atoms with E-state index in [4.69, 9.17) is 15.2 Å². The molecule has 1 unspecified atom stereocenters. The number of carbonyl (C=O) groups is 2. The number of aromatic nitrogens is 3. The maximum atomic E-state index is 14.3. The highest BCUT2D eigenvalue weighted by atomic mass is 19.3. The first kappa shape index (κ1) is 26.7. The number of anilines is 1. The van der Waals surface area contributed by atoms with Crippen molar-refractivity contribution >= 4 is 17.5 Å². The Morgan fingerprint density at radius 2 is 1.97 bits per heavy atom. The molecule has 11 heteroatoms. The number of pyridine rings is 1. The molecule has 0 bridgehead atoms. The molecule has 2 aromatic rings. The molecule has 0 saturated heterocycles. The highest BCUT2D eigenvalue weighted by Crippen LogP contribution is 2.34. The molecule has 2 aromatic heterocycles. The normalized spacial score (nSPS) is 18.4. The van der Waals surface area contributed by atoms with E-state index in [-0.39, 0.29) is 34.5 Å². The minimum absolute atomic E-state index is 0.0210. The predicted molar refractivity (Wildman–Crippen MR) is 125 cm³/mol. The molecule has 3 rings (SSSR count). The Morgan fingerprint density at radius 1 is 1.26 bits per heavy atom. The summed E-state index contributed by atoms with van der Waals surface area (Å²) < 4.78 is 40.8. The lowest BCUT2D eigenvalue weighted by Crippen LogP contribution is -2.30. The second kappa shape index (κ2) is 11.7. The Hall–Kier alpha value is -2.92.